The van der Waals surface area contributed by atoms with E-state index in [1.165, 1.54) is 23.2 Å². The number of likely N-dealkylation sites (tertiary alicyclic amines) is 1. The van der Waals surface area contributed by atoms with Crippen molar-refractivity contribution in [1.82, 2.24) is 9.88 Å². The number of anilines is 1. The zero-order valence-electron chi connectivity index (χ0n) is 14.8. The van der Waals surface area contributed by atoms with Gasteiger partial charge in [-0.3, -0.25) is 9.69 Å². The van der Waals surface area contributed by atoms with Crippen LogP contribution in [0.2, 0.25) is 0 Å². The van der Waals surface area contributed by atoms with Gasteiger partial charge in [0.25, 0.3) is 0 Å². The van der Waals surface area contributed by atoms with Gasteiger partial charge in [0.05, 0.1) is 11.9 Å². The standard InChI is InChI=1S/C16H23N3O5S/c1-16(2,3)24-15(21)19-9-5-6-12(19)14(20)18-11-7-8-13(17-10-11)25(4,22)23/h7-8,10,12H,5-6,9H2,1-4H3,(H,18,20)/t12-/m0/s1. The third-order valence-corrected chi connectivity index (χ3v) is 4.57. The molecule has 0 spiro atoms. The molecule has 0 saturated carbocycles. The van der Waals surface area contributed by atoms with Gasteiger partial charge in [0, 0.05) is 12.8 Å². The molecular formula is C16H23N3O5S. The van der Waals surface area contributed by atoms with Crippen LogP contribution in [0.15, 0.2) is 23.4 Å². The van der Waals surface area contributed by atoms with Crippen LogP contribution in [0.5, 0.6) is 0 Å². The topological polar surface area (TPSA) is 106 Å². The molecule has 1 fully saturated rings. The van der Waals surface area contributed by atoms with Gasteiger partial charge >= 0.3 is 6.09 Å². The Hall–Kier alpha value is -2.16. The Morgan fingerprint density at radius 3 is 2.52 bits per heavy atom. The zero-order valence-corrected chi connectivity index (χ0v) is 15.6. The maximum Gasteiger partial charge on any atom is 0.410 e. The summed E-state index contributed by atoms with van der Waals surface area (Å²) in [4.78, 5) is 29.9. The maximum atomic E-state index is 12.5. The lowest BCUT2D eigenvalue weighted by Gasteiger charge is -2.28. The van der Waals surface area contributed by atoms with Crippen molar-refractivity contribution < 1.29 is 22.7 Å². The van der Waals surface area contributed by atoms with Gasteiger partial charge in [-0.25, -0.2) is 18.2 Å². The van der Waals surface area contributed by atoms with Gasteiger partial charge < -0.3 is 10.1 Å². The first-order valence-electron chi connectivity index (χ1n) is 7.94. The van der Waals surface area contributed by atoms with Crippen LogP contribution in [-0.2, 0) is 19.4 Å². The number of hydrogen-bond acceptors (Lipinski definition) is 6. The fraction of sp³-hybridized carbons (Fsp3) is 0.562. The smallest absolute Gasteiger partial charge is 0.410 e. The number of amides is 2. The first-order chi connectivity index (χ1) is 11.5. The molecule has 0 unspecified atom stereocenters. The van der Waals surface area contributed by atoms with Crippen LogP contribution in [0, 0.1) is 0 Å². The minimum Gasteiger partial charge on any atom is -0.444 e. The largest absolute Gasteiger partial charge is 0.444 e. The molecule has 2 amide bonds. The summed E-state index contributed by atoms with van der Waals surface area (Å²) in [5.41, 5.74) is -0.264. The Morgan fingerprint density at radius 2 is 2.00 bits per heavy atom. The highest BCUT2D eigenvalue weighted by molar-refractivity contribution is 7.90. The molecule has 1 aliphatic heterocycles. The lowest BCUT2D eigenvalue weighted by molar-refractivity contribution is -0.120. The quantitative estimate of drug-likeness (QED) is 0.871. The van der Waals surface area contributed by atoms with Crippen molar-refractivity contribution >= 4 is 27.5 Å². The highest BCUT2D eigenvalue weighted by atomic mass is 32.2. The van der Waals surface area contributed by atoms with Crippen LogP contribution < -0.4 is 5.32 Å². The second kappa shape index (κ2) is 6.99. The van der Waals surface area contributed by atoms with Crippen LogP contribution in [0.3, 0.4) is 0 Å². The molecule has 138 valence electrons. The molecule has 1 saturated heterocycles. The van der Waals surface area contributed by atoms with Gasteiger partial charge in [0.2, 0.25) is 5.91 Å². The minimum absolute atomic E-state index is 0.0678. The number of aromatic nitrogens is 1. The number of carbonyl (C=O) groups excluding carboxylic acids is 2. The lowest BCUT2D eigenvalue weighted by Crippen LogP contribution is -2.45. The molecule has 8 nitrogen and oxygen atoms in total. The van der Waals surface area contributed by atoms with E-state index in [4.69, 9.17) is 4.74 Å². The van der Waals surface area contributed by atoms with Crippen LogP contribution in [0.1, 0.15) is 33.6 Å². The number of carbonyl (C=O) groups is 2. The van der Waals surface area contributed by atoms with E-state index in [-0.39, 0.29) is 10.9 Å². The highest BCUT2D eigenvalue weighted by Crippen LogP contribution is 2.22. The highest BCUT2D eigenvalue weighted by Gasteiger charge is 2.36. The molecule has 1 aromatic rings. The van der Waals surface area contributed by atoms with Crippen LogP contribution in [-0.4, -0.2) is 54.7 Å². The summed E-state index contributed by atoms with van der Waals surface area (Å²) >= 11 is 0. The molecule has 25 heavy (non-hydrogen) atoms. The molecule has 1 aliphatic rings. The zero-order chi connectivity index (χ0) is 18.8. The summed E-state index contributed by atoms with van der Waals surface area (Å²) in [7, 11) is -3.39. The number of rotatable bonds is 3. The average molecular weight is 369 g/mol. The van der Waals surface area contributed by atoms with Crippen molar-refractivity contribution in [2.75, 3.05) is 18.1 Å². The van der Waals surface area contributed by atoms with E-state index in [1.807, 2.05) is 0 Å². The Bertz CT molecular complexity index is 753. The number of sulfone groups is 1. The van der Waals surface area contributed by atoms with Crippen LogP contribution >= 0.6 is 0 Å². The number of nitrogens with one attached hydrogen (secondary N) is 1. The number of pyridine rings is 1. The minimum atomic E-state index is -3.39. The van der Waals surface area contributed by atoms with Gasteiger partial charge in [-0.05, 0) is 45.7 Å². The van der Waals surface area contributed by atoms with Gasteiger partial charge in [0.15, 0.2) is 14.9 Å². The summed E-state index contributed by atoms with van der Waals surface area (Å²) in [6.45, 7) is 5.76. The second-order valence-electron chi connectivity index (χ2n) is 6.98. The van der Waals surface area contributed by atoms with Crippen molar-refractivity contribution in [3.8, 4) is 0 Å². The fourth-order valence-electron chi connectivity index (χ4n) is 2.48. The Morgan fingerprint density at radius 1 is 1.32 bits per heavy atom. The lowest BCUT2D eigenvalue weighted by atomic mass is 10.2. The first kappa shape index (κ1) is 19.2. The molecular weight excluding hydrogens is 346 g/mol. The normalized spacial score (nSPS) is 18.1. The Kier molecular flexibility index (Phi) is 5.36. The van der Waals surface area contributed by atoms with Crippen molar-refractivity contribution in [3.05, 3.63) is 18.3 Å². The monoisotopic (exact) mass is 369 g/mol. The predicted molar refractivity (Wildman–Crippen MR) is 91.9 cm³/mol. The number of hydrogen-bond donors (Lipinski definition) is 1. The Labute approximate surface area is 147 Å². The molecule has 0 aromatic carbocycles. The molecule has 2 heterocycles. The molecule has 1 N–H and O–H groups in total. The fourth-order valence-corrected chi connectivity index (χ4v) is 3.04. The molecule has 2 rings (SSSR count). The number of ether oxygens (including phenoxy) is 1. The maximum absolute atomic E-state index is 12.5. The summed E-state index contributed by atoms with van der Waals surface area (Å²) in [5.74, 6) is -0.350. The van der Waals surface area contributed by atoms with Gasteiger partial charge in [-0.1, -0.05) is 0 Å². The predicted octanol–water partition coefficient (Wildman–Crippen LogP) is 1.82. The summed E-state index contributed by atoms with van der Waals surface area (Å²) < 4.78 is 28.1. The number of nitrogens with zero attached hydrogens (tertiary/aromatic N) is 2. The van der Waals surface area contributed by atoms with Gasteiger partial charge in [-0.2, -0.15) is 0 Å². The van der Waals surface area contributed by atoms with Crippen molar-refractivity contribution in [3.63, 3.8) is 0 Å². The molecule has 1 aromatic heterocycles. The summed E-state index contributed by atoms with van der Waals surface area (Å²) in [6, 6.07) is 2.17. The second-order valence-corrected chi connectivity index (χ2v) is 8.94. The molecule has 1 atom stereocenters. The third kappa shape index (κ3) is 5.15. The van der Waals surface area contributed by atoms with E-state index in [0.29, 0.717) is 25.1 Å². The van der Waals surface area contributed by atoms with Gasteiger partial charge in [-0.15, -0.1) is 0 Å². The van der Waals surface area contributed by atoms with Crippen LogP contribution in [0.25, 0.3) is 0 Å². The molecule has 0 radical (unpaired) electrons. The Balaban J connectivity index is 2.05. The van der Waals surface area contributed by atoms with E-state index in [0.717, 1.165) is 6.26 Å². The van der Waals surface area contributed by atoms with Crippen molar-refractivity contribution in [2.24, 2.45) is 0 Å². The SMILES string of the molecule is CC(C)(C)OC(=O)N1CCC[C@H]1C(=O)Nc1ccc(S(C)(=O)=O)nc1. The van der Waals surface area contributed by atoms with E-state index in [1.54, 1.807) is 20.8 Å². The molecule has 0 bridgehead atoms. The van der Waals surface area contributed by atoms with Gasteiger partial charge in [0.1, 0.15) is 11.6 Å². The molecule has 9 heteroatoms. The van der Waals surface area contributed by atoms with E-state index >= 15 is 0 Å². The average Bonchev–Trinajstić information content (AvgIpc) is 2.94. The van der Waals surface area contributed by atoms with Crippen LogP contribution in [0.4, 0.5) is 10.5 Å². The molecule has 0 aliphatic carbocycles. The van der Waals surface area contributed by atoms with Crippen molar-refractivity contribution in [1.29, 1.82) is 0 Å². The summed E-state index contributed by atoms with van der Waals surface area (Å²) in [6.07, 6.45) is 3.07. The van der Waals surface area contributed by atoms with E-state index in [2.05, 4.69) is 10.3 Å². The third-order valence-electron chi connectivity index (χ3n) is 3.57. The van der Waals surface area contributed by atoms with E-state index < -0.39 is 27.6 Å². The van der Waals surface area contributed by atoms with Crippen molar-refractivity contribution in [2.45, 2.75) is 50.3 Å². The van der Waals surface area contributed by atoms with E-state index in [9.17, 15) is 18.0 Å². The summed E-state index contributed by atoms with van der Waals surface area (Å²) in [5, 5.41) is 2.60. The first-order valence-corrected chi connectivity index (χ1v) is 9.83.